The number of amides is 2. The van der Waals surface area contributed by atoms with E-state index in [-0.39, 0.29) is 11.8 Å². The Hall–Kier alpha value is -1.85. The minimum absolute atomic E-state index is 0.163. The van der Waals surface area contributed by atoms with Crippen LogP contribution >= 0.6 is 27.5 Å². The van der Waals surface area contributed by atoms with Crippen molar-refractivity contribution in [1.82, 2.24) is 10.6 Å². The maximum Gasteiger partial charge on any atom is 0.251 e. The van der Waals surface area contributed by atoms with Crippen molar-refractivity contribution < 1.29 is 9.59 Å². The highest BCUT2D eigenvalue weighted by Crippen LogP contribution is 2.23. The number of halogens is 2. The van der Waals surface area contributed by atoms with Gasteiger partial charge in [-0.15, -0.1) is 0 Å². The highest BCUT2D eigenvalue weighted by atomic mass is 79.9. The van der Waals surface area contributed by atoms with Gasteiger partial charge in [0.1, 0.15) is 0 Å². The van der Waals surface area contributed by atoms with Gasteiger partial charge in [0.05, 0.1) is 5.02 Å². The van der Waals surface area contributed by atoms with Crippen molar-refractivity contribution in [2.24, 2.45) is 0 Å². The third-order valence-electron chi connectivity index (χ3n) is 2.91. The summed E-state index contributed by atoms with van der Waals surface area (Å²) in [6.07, 6.45) is 0. The third-order valence-corrected chi connectivity index (χ3v) is 4.13. The van der Waals surface area contributed by atoms with Crippen molar-refractivity contribution >= 4 is 39.3 Å². The van der Waals surface area contributed by atoms with Gasteiger partial charge in [0.15, 0.2) is 0 Å². The Morgan fingerprint density at radius 3 is 2.09 bits per heavy atom. The van der Waals surface area contributed by atoms with Crippen molar-refractivity contribution in [3.05, 3.63) is 69.2 Å². The quantitative estimate of drug-likeness (QED) is 0.781. The predicted octanol–water partition coefficient (Wildman–Crippen LogP) is 3.26. The van der Waals surface area contributed by atoms with Gasteiger partial charge in [-0.25, -0.2) is 0 Å². The predicted molar refractivity (Wildman–Crippen MR) is 90.3 cm³/mol. The number of carbonyl (C=O) groups excluding carboxylic acids is 2. The van der Waals surface area contributed by atoms with E-state index in [0.29, 0.717) is 33.7 Å². The molecule has 2 aromatic carbocycles. The lowest BCUT2D eigenvalue weighted by atomic mass is 10.2. The second-order valence-electron chi connectivity index (χ2n) is 4.51. The smallest absolute Gasteiger partial charge is 0.251 e. The maximum absolute atomic E-state index is 11.9. The number of hydrogen-bond acceptors (Lipinski definition) is 2. The molecule has 0 aromatic heterocycles. The zero-order valence-corrected chi connectivity index (χ0v) is 13.9. The van der Waals surface area contributed by atoms with E-state index in [0.717, 1.165) is 0 Å². The van der Waals surface area contributed by atoms with Crippen LogP contribution in [0.4, 0.5) is 0 Å². The molecule has 0 saturated heterocycles. The van der Waals surface area contributed by atoms with Crippen LogP contribution in [0, 0.1) is 0 Å². The first kappa shape index (κ1) is 16.5. The maximum atomic E-state index is 11.9. The molecule has 0 atom stereocenters. The number of nitrogens with one attached hydrogen (secondary N) is 2. The Morgan fingerprint density at radius 1 is 0.909 bits per heavy atom. The summed E-state index contributed by atoms with van der Waals surface area (Å²) >= 11 is 9.15. The number of benzene rings is 2. The zero-order chi connectivity index (χ0) is 15.9. The van der Waals surface area contributed by atoms with E-state index >= 15 is 0 Å². The first-order valence-electron chi connectivity index (χ1n) is 6.64. The van der Waals surface area contributed by atoms with Crippen molar-refractivity contribution in [3.8, 4) is 0 Å². The lowest BCUT2D eigenvalue weighted by Crippen LogP contribution is -2.34. The van der Waals surface area contributed by atoms with E-state index in [1.807, 2.05) is 6.07 Å². The standard InChI is InChI=1S/C16H14BrClN2O2/c17-13-10-12(6-7-14(13)18)16(22)20-9-8-19-15(21)11-4-2-1-3-5-11/h1-7,10H,8-9H2,(H,19,21)(H,20,22). The average Bonchev–Trinajstić information content (AvgIpc) is 2.54. The molecule has 22 heavy (non-hydrogen) atoms. The Balaban J connectivity index is 1.78. The fourth-order valence-corrected chi connectivity index (χ4v) is 2.28. The van der Waals surface area contributed by atoms with Crippen LogP contribution in [0.1, 0.15) is 20.7 Å². The van der Waals surface area contributed by atoms with Crippen molar-refractivity contribution in [2.75, 3.05) is 13.1 Å². The van der Waals surface area contributed by atoms with Crippen molar-refractivity contribution in [2.45, 2.75) is 0 Å². The molecule has 2 aromatic rings. The van der Waals surface area contributed by atoms with E-state index in [2.05, 4.69) is 26.6 Å². The summed E-state index contributed by atoms with van der Waals surface area (Å²) in [5.41, 5.74) is 1.10. The van der Waals surface area contributed by atoms with E-state index < -0.39 is 0 Å². The van der Waals surface area contributed by atoms with Gasteiger partial charge >= 0.3 is 0 Å². The van der Waals surface area contributed by atoms with Crippen LogP contribution in [-0.4, -0.2) is 24.9 Å². The van der Waals surface area contributed by atoms with Gasteiger partial charge in [0.25, 0.3) is 11.8 Å². The summed E-state index contributed by atoms with van der Waals surface area (Å²) in [4.78, 5) is 23.7. The van der Waals surface area contributed by atoms with Crippen LogP contribution in [0.5, 0.6) is 0 Å². The molecule has 2 rings (SSSR count). The molecule has 0 aliphatic heterocycles. The number of carbonyl (C=O) groups is 2. The topological polar surface area (TPSA) is 58.2 Å². The highest BCUT2D eigenvalue weighted by molar-refractivity contribution is 9.10. The van der Waals surface area contributed by atoms with E-state index in [4.69, 9.17) is 11.6 Å². The Bertz CT molecular complexity index is 677. The van der Waals surface area contributed by atoms with Crippen LogP contribution < -0.4 is 10.6 Å². The van der Waals surface area contributed by atoms with E-state index in [1.165, 1.54) is 0 Å². The number of rotatable bonds is 5. The van der Waals surface area contributed by atoms with Crippen LogP contribution in [-0.2, 0) is 0 Å². The van der Waals surface area contributed by atoms with Gasteiger partial charge in [0, 0.05) is 28.7 Å². The molecule has 114 valence electrons. The molecule has 0 aliphatic carbocycles. The molecule has 0 saturated carbocycles. The highest BCUT2D eigenvalue weighted by Gasteiger charge is 2.08. The van der Waals surface area contributed by atoms with Crippen LogP contribution in [0.25, 0.3) is 0 Å². The molecule has 0 unspecified atom stereocenters. The minimum atomic E-state index is -0.216. The minimum Gasteiger partial charge on any atom is -0.350 e. The molecule has 0 bridgehead atoms. The lowest BCUT2D eigenvalue weighted by Gasteiger charge is -2.08. The van der Waals surface area contributed by atoms with E-state index in [1.54, 1.807) is 42.5 Å². The summed E-state index contributed by atoms with van der Waals surface area (Å²) < 4.78 is 0.666. The molecule has 2 amide bonds. The summed E-state index contributed by atoms with van der Waals surface area (Å²) in [5, 5.41) is 6.02. The molecule has 0 radical (unpaired) electrons. The second-order valence-corrected chi connectivity index (χ2v) is 5.77. The van der Waals surface area contributed by atoms with Crippen molar-refractivity contribution in [1.29, 1.82) is 0 Å². The van der Waals surface area contributed by atoms with Crippen molar-refractivity contribution in [3.63, 3.8) is 0 Å². The van der Waals surface area contributed by atoms with Crippen LogP contribution in [0.15, 0.2) is 53.0 Å². The Labute approximate surface area is 142 Å². The molecule has 2 N–H and O–H groups in total. The third kappa shape index (κ3) is 4.58. The second kappa shape index (κ2) is 7.96. The summed E-state index contributed by atoms with van der Waals surface area (Å²) in [6, 6.07) is 13.9. The first-order chi connectivity index (χ1) is 10.6. The fraction of sp³-hybridized carbons (Fsp3) is 0.125. The van der Waals surface area contributed by atoms with Gasteiger partial charge in [-0.2, -0.15) is 0 Å². The molecular weight excluding hydrogens is 368 g/mol. The summed E-state index contributed by atoms with van der Waals surface area (Å²) in [7, 11) is 0. The lowest BCUT2D eigenvalue weighted by molar-refractivity contribution is 0.0927. The van der Waals surface area contributed by atoms with Gasteiger partial charge in [-0.05, 0) is 46.3 Å². The molecule has 0 heterocycles. The number of hydrogen-bond donors (Lipinski definition) is 2. The molecule has 4 nitrogen and oxygen atoms in total. The average molecular weight is 382 g/mol. The van der Waals surface area contributed by atoms with Gasteiger partial charge in [-0.1, -0.05) is 29.8 Å². The fourth-order valence-electron chi connectivity index (χ4n) is 1.78. The molecule has 6 heteroatoms. The Kier molecular flexibility index (Phi) is 5.98. The summed E-state index contributed by atoms with van der Waals surface area (Å²) in [6.45, 7) is 0.700. The molecular formula is C16H14BrClN2O2. The summed E-state index contributed by atoms with van der Waals surface area (Å²) in [5.74, 6) is -0.379. The van der Waals surface area contributed by atoms with Gasteiger partial charge < -0.3 is 10.6 Å². The van der Waals surface area contributed by atoms with Crippen LogP contribution in [0.2, 0.25) is 5.02 Å². The normalized spacial score (nSPS) is 10.1. The zero-order valence-electron chi connectivity index (χ0n) is 11.6. The largest absolute Gasteiger partial charge is 0.350 e. The van der Waals surface area contributed by atoms with Crippen LogP contribution in [0.3, 0.4) is 0 Å². The van der Waals surface area contributed by atoms with E-state index in [9.17, 15) is 9.59 Å². The monoisotopic (exact) mass is 380 g/mol. The SMILES string of the molecule is O=C(NCCNC(=O)c1ccc(Cl)c(Br)c1)c1ccccc1. The first-order valence-corrected chi connectivity index (χ1v) is 7.81. The Morgan fingerprint density at radius 2 is 1.50 bits per heavy atom. The van der Waals surface area contributed by atoms with Gasteiger partial charge in [-0.3, -0.25) is 9.59 Å². The molecule has 0 aliphatic rings. The van der Waals surface area contributed by atoms with Gasteiger partial charge in [0.2, 0.25) is 0 Å². The molecule has 0 fully saturated rings. The molecule has 0 spiro atoms.